The quantitative estimate of drug-likeness (QED) is 0.756. The number of hydrogen-bond acceptors (Lipinski definition) is 2. The molecular weight excluding hydrogens is 399 g/mol. The molecule has 2 aromatic carbocycles. The molecule has 1 saturated heterocycles. The zero-order chi connectivity index (χ0) is 18.7. The highest BCUT2D eigenvalue weighted by Gasteiger charge is 2.36. The summed E-state index contributed by atoms with van der Waals surface area (Å²) in [6.07, 6.45) is 1.41. The fourth-order valence-corrected chi connectivity index (χ4v) is 3.67. The second-order valence-electron chi connectivity index (χ2n) is 6.45. The van der Waals surface area contributed by atoms with Gasteiger partial charge in [0.1, 0.15) is 11.9 Å². The number of halogens is 2. The van der Waals surface area contributed by atoms with E-state index in [4.69, 9.17) is 0 Å². The van der Waals surface area contributed by atoms with Crippen LogP contribution in [0.3, 0.4) is 0 Å². The molecule has 0 bridgehead atoms. The van der Waals surface area contributed by atoms with Gasteiger partial charge in [0.2, 0.25) is 5.91 Å². The Labute approximate surface area is 160 Å². The van der Waals surface area contributed by atoms with E-state index in [1.165, 1.54) is 11.0 Å². The van der Waals surface area contributed by atoms with Crippen molar-refractivity contribution in [2.24, 2.45) is 0 Å². The molecule has 0 spiro atoms. The number of likely N-dealkylation sites (N-methyl/N-ethyl adjacent to an activating group) is 1. The van der Waals surface area contributed by atoms with Gasteiger partial charge in [-0.05, 0) is 43.2 Å². The van der Waals surface area contributed by atoms with Crippen molar-refractivity contribution in [3.63, 3.8) is 0 Å². The number of rotatable bonds is 4. The second kappa shape index (κ2) is 7.99. The van der Waals surface area contributed by atoms with Crippen LogP contribution in [0.15, 0.2) is 53.0 Å². The summed E-state index contributed by atoms with van der Waals surface area (Å²) < 4.78 is 14.7. The molecule has 1 heterocycles. The topological polar surface area (TPSA) is 40.6 Å². The van der Waals surface area contributed by atoms with Crippen molar-refractivity contribution in [2.45, 2.75) is 25.4 Å². The van der Waals surface area contributed by atoms with Crippen LogP contribution in [0.5, 0.6) is 0 Å². The van der Waals surface area contributed by atoms with Crippen molar-refractivity contribution in [1.82, 2.24) is 9.80 Å². The third kappa shape index (κ3) is 3.96. The number of carbonyl (C=O) groups excluding carboxylic acids is 2. The molecule has 0 saturated carbocycles. The average molecular weight is 419 g/mol. The molecule has 2 amide bonds. The SMILES string of the molecule is CN(Cc1cc(Br)ccc1F)C(=O)C1CCCN1C(=O)c1ccccc1. The summed E-state index contributed by atoms with van der Waals surface area (Å²) in [4.78, 5) is 28.7. The van der Waals surface area contributed by atoms with E-state index in [9.17, 15) is 14.0 Å². The van der Waals surface area contributed by atoms with Gasteiger partial charge < -0.3 is 9.80 Å². The Kier molecular flexibility index (Phi) is 5.71. The van der Waals surface area contributed by atoms with E-state index >= 15 is 0 Å². The smallest absolute Gasteiger partial charge is 0.254 e. The Morgan fingerprint density at radius 1 is 1.23 bits per heavy atom. The van der Waals surface area contributed by atoms with Crippen molar-refractivity contribution >= 4 is 27.7 Å². The molecule has 136 valence electrons. The second-order valence-corrected chi connectivity index (χ2v) is 7.37. The van der Waals surface area contributed by atoms with E-state index in [0.29, 0.717) is 24.1 Å². The zero-order valence-electron chi connectivity index (χ0n) is 14.5. The lowest BCUT2D eigenvalue weighted by atomic mass is 10.1. The van der Waals surface area contributed by atoms with Crippen molar-refractivity contribution in [1.29, 1.82) is 0 Å². The van der Waals surface area contributed by atoms with Crippen LogP contribution >= 0.6 is 15.9 Å². The maximum Gasteiger partial charge on any atom is 0.254 e. The van der Waals surface area contributed by atoms with Crippen LogP contribution in [0.25, 0.3) is 0 Å². The molecule has 4 nitrogen and oxygen atoms in total. The third-order valence-electron chi connectivity index (χ3n) is 4.61. The van der Waals surface area contributed by atoms with E-state index in [2.05, 4.69) is 15.9 Å². The van der Waals surface area contributed by atoms with E-state index in [1.54, 1.807) is 36.2 Å². The first-order chi connectivity index (χ1) is 12.5. The van der Waals surface area contributed by atoms with E-state index in [0.717, 1.165) is 10.9 Å². The minimum absolute atomic E-state index is 0.136. The van der Waals surface area contributed by atoms with Crippen molar-refractivity contribution < 1.29 is 14.0 Å². The Hall–Kier alpha value is -2.21. The number of hydrogen-bond donors (Lipinski definition) is 0. The molecule has 0 aliphatic carbocycles. The predicted molar refractivity (Wildman–Crippen MR) is 101 cm³/mol. The van der Waals surface area contributed by atoms with Crippen molar-refractivity contribution in [3.8, 4) is 0 Å². The largest absolute Gasteiger partial charge is 0.340 e. The lowest BCUT2D eigenvalue weighted by Crippen LogP contribution is -2.46. The van der Waals surface area contributed by atoms with Gasteiger partial charge in [0, 0.05) is 35.7 Å². The summed E-state index contributed by atoms with van der Waals surface area (Å²) in [5.41, 5.74) is 1.02. The van der Waals surface area contributed by atoms with Gasteiger partial charge in [-0.3, -0.25) is 9.59 Å². The monoisotopic (exact) mass is 418 g/mol. The first-order valence-corrected chi connectivity index (χ1v) is 9.31. The summed E-state index contributed by atoms with van der Waals surface area (Å²) in [6, 6.07) is 13.1. The minimum Gasteiger partial charge on any atom is -0.340 e. The number of benzene rings is 2. The molecule has 1 aliphatic rings. The van der Waals surface area contributed by atoms with Crippen LogP contribution in [0.2, 0.25) is 0 Å². The van der Waals surface area contributed by atoms with Crippen LogP contribution in [-0.4, -0.2) is 41.2 Å². The Morgan fingerprint density at radius 3 is 2.69 bits per heavy atom. The highest BCUT2D eigenvalue weighted by molar-refractivity contribution is 9.10. The summed E-state index contributed by atoms with van der Waals surface area (Å²) in [5, 5.41) is 0. The average Bonchev–Trinajstić information content (AvgIpc) is 3.13. The Bertz CT molecular complexity index is 813. The van der Waals surface area contributed by atoms with E-state index < -0.39 is 6.04 Å². The first-order valence-electron chi connectivity index (χ1n) is 8.52. The van der Waals surface area contributed by atoms with Crippen LogP contribution in [0.4, 0.5) is 4.39 Å². The molecule has 1 unspecified atom stereocenters. The van der Waals surface area contributed by atoms with E-state index in [1.807, 2.05) is 18.2 Å². The molecule has 2 aromatic rings. The highest BCUT2D eigenvalue weighted by atomic mass is 79.9. The first kappa shape index (κ1) is 18.6. The predicted octanol–water partition coefficient (Wildman–Crippen LogP) is 3.85. The number of carbonyl (C=O) groups is 2. The standard InChI is InChI=1S/C20H20BrFN2O2/c1-23(13-15-12-16(21)9-10-17(15)22)20(26)18-8-5-11-24(18)19(25)14-6-3-2-4-7-14/h2-4,6-7,9-10,12,18H,5,8,11,13H2,1H3. The van der Waals surface area contributed by atoms with Gasteiger partial charge in [0.25, 0.3) is 5.91 Å². The van der Waals surface area contributed by atoms with Gasteiger partial charge in [-0.2, -0.15) is 0 Å². The normalized spacial score (nSPS) is 16.6. The molecule has 0 radical (unpaired) electrons. The summed E-state index contributed by atoms with van der Waals surface area (Å²) in [6.45, 7) is 0.719. The number of amides is 2. The summed E-state index contributed by atoms with van der Waals surface area (Å²) in [7, 11) is 1.65. The van der Waals surface area contributed by atoms with Crippen LogP contribution in [0.1, 0.15) is 28.8 Å². The highest BCUT2D eigenvalue weighted by Crippen LogP contribution is 2.23. The van der Waals surface area contributed by atoms with Gasteiger partial charge in [-0.25, -0.2) is 4.39 Å². The molecule has 26 heavy (non-hydrogen) atoms. The van der Waals surface area contributed by atoms with Crippen LogP contribution in [-0.2, 0) is 11.3 Å². The molecule has 3 rings (SSSR count). The molecular formula is C20H20BrFN2O2. The van der Waals surface area contributed by atoms with Gasteiger partial charge in [-0.1, -0.05) is 34.1 Å². The molecule has 1 fully saturated rings. The van der Waals surface area contributed by atoms with E-state index in [-0.39, 0.29) is 24.2 Å². The molecule has 0 N–H and O–H groups in total. The van der Waals surface area contributed by atoms with Gasteiger partial charge >= 0.3 is 0 Å². The minimum atomic E-state index is -0.497. The fraction of sp³-hybridized carbons (Fsp3) is 0.300. The number of nitrogens with zero attached hydrogens (tertiary/aromatic N) is 2. The summed E-state index contributed by atoms with van der Waals surface area (Å²) in [5.74, 6) is -0.647. The van der Waals surface area contributed by atoms with Crippen LogP contribution in [0, 0.1) is 5.82 Å². The zero-order valence-corrected chi connectivity index (χ0v) is 16.1. The van der Waals surface area contributed by atoms with Crippen molar-refractivity contribution in [2.75, 3.05) is 13.6 Å². The maximum atomic E-state index is 14.0. The Balaban J connectivity index is 1.73. The third-order valence-corrected chi connectivity index (χ3v) is 5.10. The van der Waals surface area contributed by atoms with Gasteiger partial charge in [0.05, 0.1) is 0 Å². The number of likely N-dealkylation sites (tertiary alicyclic amines) is 1. The lowest BCUT2D eigenvalue weighted by molar-refractivity contribution is -0.134. The van der Waals surface area contributed by atoms with Gasteiger partial charge in [0.15, 0.2) is 0 Å². The maximum absolute atomic E-state index is 14.0. The lowest BCUT2D eigenvalue weighted by Gasteiger charge is -2.28. The van der Waals surface area contributed by atoms with Crippen molar-refractivity contribution in [3.05, 3.63) is 69.9 Å². The summed E-state index contributed by atoms with van der Waals surface area (Å²) >= 11 is 3.32. The molecule has 0 aromatic heterocycles. The van der Waals surface area contributed by atoms with Crippen LogP contribution < -0.4 is 0 Å². The fourth-order valence-electron chi connectivity index (χ4n) is 3.27. The molecule has 6 heteroatoms. The molecule has 1 atom stereocenters. The Morgan fingerprint density at radius 2 is 1.96 bits per heavy atom. The molecule has 1 aliphatic heterocycles. The van der Waals surface area contributed by atoms with Gasteiger partial charge in [-0.15, -0.1) is 0 Å².